The SMILES string of the molecule is C=C(C)CN(CC(C)C(=O)O)c1cccc2ccccc12. The molecule has 1 N–H and O–H groups in total. The Balaban J connectivity index is 2.43. The molecule has 3 nitrogen and oxygen atoms in total. The lowest BCUT2D eigenvalue weighted by atomic mass is 10.1. The normalized spacial score (nSPS) is 12.1. The topological polar surface area (TPSA) is 40.5 Å². The fraction of sp³-hybridized carbons (Fsp3) is 0.278. The lowest BCUT2D eigenvalue weighted by molar-refractivity contribution is -0.140. The molecule has 2 aromatic rings. The Hall–Kier alpha value is -2.29. The molecular formula is C18H21NO2. The molecule has 0 amide bonds. The van der Waals surface area contributed by atoms with Crippen molar-refractivity contribution in [3.05, 3.63) is 54.6 Å². The molecule has 0 saturated carbocycles. The van der Waals surface area contributed by atoms with E-state index in [1.807, 2.05) is 31.2 Å². The molecule has 1 atom stereocenters. The highest BCUT2D eigenvalue weighted by molar-refractivity contribution is 5.94. The molecule has 0 bridgehead atoms. The maximum Gasteiger partial charge on any atom is 0.308 e. The van der Waals surface area contributed by atoms with Gasteiger partial charge in [-0.15, -0.1) is 0 Å². The Bertz CT molecular complexity index is 658. The highest BCUT2D eigenvalue weighted by atomic mass is 16.4. The van der Waals surface area contributed by atoms with Gasteiger partial charge in [0.25, 0.3) is 0 Å². The number of nitrogens with zero attached hydrogens (tertiary/aromatic N) is 1. The maximum atomic E-state index is 11.2. The number of benzene rings is 2. The van der Waals surface area contributed by atoms with Crippen LogP contribution < -0.4 is 4.90 Å². The second kappa shape index (κ2) is 6.44. The van der Waals surface area contributed by atoms with Gasteiger partial charge in [-0.2, -0.15) is 0 Å². The monoisotopic (exact) mass is 283 g/mol. The Morgan fingerprint density at radius 3 is 2.57 bits per heavy atom. The molecule has 21 heavy (non-hydrogen) atoms. The summed E-state index contributed by atoms with van der Waals surface area (Å²) in [7, 11) is 0. The average molecular weight is 283 g/mol. The molecule has 2 rings (SSSR count). The summed E-state index contributed by atoms with van der Waals surface area (Å²) in [4.78, 5) is 13.3. The Labute approximate surface area is 125 Å². The smallest absolute Gasteiger partial charge is 0.308 e. The van der Waals surface area contributed by atoms with Crippen molar-refractivity contribution in [1.29, 1.82) is 0 Å². The van der Waals surface area contributed by atoms with Crippen molar-refractivity contribution in [1.82, 2.24) is 0 Å². The van der Waals surface area contributed by atoms with Gasteiger partial charge in [-0.3, -0.25) is 4.79 Å². The summed E-state index contributed by atoms with van der Waals surface area (Å²) in [6.45, 7) is 8.79. The molecule has 0 aliphatic rings. The number of carboxylic acid groups (broad SMARTS) is 1. The lowest BCUT2D eigenvalue weighted by Crippen LogP contribution is -2.33. The highest BCUT2D eigenvalue weighted by Gasteiger charge is 2.18. The van der Waals surface area contributed by atoms with Gasteiger partial charge in [0.05, 0.1) is 5.92 Å². The standard InChI is InChI=1S/C18H21NO2/c1-13(2)11-19(12-14(3)18(20)21)17-10-6-8-15-7-4-5-9-16(15)17/h4-10,14H,1,11-12H2,2-3H3,(H,20,21). The number of fused-ring (bicyclic) bond motifs is 1. The predicted molar refractivity (Wildman–Crippen MR) is 87.8 cm³/mol. The number of aliphatic carboxylic acids is 1. The Kier molecular flexibility index (Phi) is 4.63. The molecule has 0 heterocycles. The van der Waals surface area contributed by atoms with Gasteiger partial charge in [-0.25, -0.2) is 0 Å². The van der Waals surface area contributed by atoms with E-state index in [1.54, 1.807) is 6.92 Å². The third-order valence-electron chi connectivity index (χ3n) is 3.48. The zero-order valence-corrected chi connectivity index (χ0v) is 12.5. The molecule has 3 heteroatoms. The van der Waals surface area contributed by atoms with Gasteiger partial charge in [0.1, 0.15) is 0 Å². The number of rotatable bonds is 6. The average Bonchev–Trinajstić information content (AvgIpc) is 2.45. The van der Waals surface area contributed by atoms with Crippen molar-refractivity contribution >= 4 is 22.4 Å². The first-order chi connectivity index (χ1) is 9.99. The molecule has 0 radical (unpaired) electrons. The van der Waals surface area contributed by atoms with Crippen molar-refractivity contribution in [3.8, 4) is 0 Å². The van der Waals surface area contributed by atoms with Crippen LogP contribution in [-0.2, 0) is 4.79 Å². The van der Waals surface area contributed by atoms with Gasteiger partial charge in [0.15, 0.2) is 0 Å². The van der Waals surface area contributed by atoms with Gasteiger partial charge < -0.3 is 10.0 Å². The van der Waals surface area contributed by atoms with Crippen molar-refractivity contribution in [3.63, 3.8) is 0 Å². The van der Waals surface area contributed by atoms with Crippen LogP contribution in [0.2, 0.25) is 0 Å². The second-order valence-electron chi connectivity index (χ2n) is 5.58. The highest BCUT2D eigenvalue weighted by Crippen LogP contribution is 2.27. The third-order valence-corrected chi connectivity index (χ3v) is 3.48. The molecule has 0 fully saturated rings. The first-order valence-corrected chi connectivity index (χ1v) is 7.09. The van der Waals surface area contributed by atoms with Gasteiger partial charge in [-0.1, -0.05) is 55.5 Å². The van der Waals surface area contributed by atoms with Crippen molar-refractivity contribution in [2.45, 2.75) is 13.8 Å². The predicted octanol–water partition coefficient (Wildman–Crippen LogP) is 3.94. The summed E-state index contributed by atoms with van der Waals surface area (Å²) in [5.41, 5.74) is 2.07. The minimum absolute atomic E-state index is 0.427. The maximum absolute atomic E-state index is 11.2. The summed E-state index contributed by atoms with van der Waals surface area (Å²) < 4.78 is 0. The van der Waals surface area contributed by atoms with Gasteiger partial charge >= 0.3 is 5.97 Å². The van der Waals surface area contributed by atoms with Crippen molar-refractivity contribution < 1.29 is 9.90 Å². The van der Waals surface area contributed by atoms with E-state index in [1.165, 1.54) is 0 Å². The fourth-order valence-electron chi connectivity index (χ4n) is 2.47. The van der Waals surface area contributed by atoms with Crippen LogP contribution in [0.1, 0.15) is 13.8 Å². The summed E-state index contributed by atoms with van der Waals surface area (Å²) >= 11 is 0. The summed E-state index contributed by atoms with van der Waals surface area (Å²) in [5.74, 6) is -1.20. The van der Waals surface area contributed by atoms with Crippen LogP contribution in [0.3, 0.4) is 0 Å². The van der Waals surface area contributed by atoms with E-state index in [2.05, 4.69) is 29.7 Å². The number of carbonyl (C=O) groups is 1. The molecule has 110 valence electrons. The van der Waals surface area contributed by atoms with Gasteiger partial charge in [0, 0.05) is 24.2 Å². The van der Waals surface area contributed by atoms with E-state index in [0.29, 0.717) is 13.1 Å². The zero-order valence-electron chi connectivity index (χ0n) is 12.5. The van der Waals surface area contributed by atoms with E-state index in [-0.39, 0.29) is 0 Å². The summed E-state index contributed by atoms with van der Waals surface area (Å²) in [6, 6.07) is 14.3. The quantitative estimate of drug-likeness (QED) is 0.816. The fourth-order valence-corrected chi connectivity index (χ4v) is 2.47. The third kappa shape index (κ3) is 3.63. The molecular weight excluding hydrogens is 262 g/mol. The number of hydrogen-bond donors (Lipinski definition) is 1. The van der Waals surface area contributed by atoms with Crippen molar-refractivity contribution in [2.24, 2.45) is 5.92 Å². The zero-order chi connectivity index (χ0) is 15.4. The molecule has 0 aromatic heterocycles. The van der Waals surface area contributed by atoms with E-state index in [0.717, 1.165) is 22.0 Å². The first kappa shape index (κ1) is 15.1. The van der Waals surface area contributed by atoms with Crippen LogP contribution in [0.5, 0.6) is 0 Å². The van der Waals surface area contributed by atoms with Gasteiger partial charge in [0.2, 0.25) is 0 Å². The van der Waals surface area contributed by atoms with Crippen LogP contribution in [0, 0.1) is 5.92 Å². The lowest BCUT2D eigenvalue weighted by Gasteiger charge is -2.28. The second-order valence-corrected chi connectivity index (χ2v) is 5.58. The molecule has 0 aliphatic carbocycles. The van der Waals surface area contributed by atoms with E-state index in [9.17, 15) is 9.90 Å². The van der Waals surface area contributed by atoms with E-state index < -0.39 is 11.9 Å². The first-order valence-electron chi connectivity index (χ1n) is 7.09. The van der Waals surface area contributed by atoms with Crippen LogP contribution in [0.4, 0.5) is 5.69 Å². The summed E-state index contributed by atoms with van der Waals surface area (Å²) in [6.07, 6.45) is 0. The number of hydrogen-bond acceptors (Lipinski definition) is 2. The largest absolute Gasteiger partial charge is 0.481 e. The molecule has 2 aromatic carbocycles. The Morgan fingerprint density at radius 1 is 1.24 bits per heavy atom. The van der Waals surface area contributed by atoms with E-state index >= 15 is 0 Å². The van der Waals surface area contributed by atoms with Gasteiger partial charge in [-0.05, 0) is 18.4 Å². The molecule has 0 saturated heterocycles. The van der Waals surface area contributed by atoms with E-state index in [4.69, 9.17) is 0 Å². The van der Waals surface area contributed by atoms with Crippen molar-refractivity contribution in [2.75, 3.05) is 18.0 Å². The molecule has 0 aliphatic heterocycles. The minimum Gasteiger partial charge on any atom is -0.481 e. The van der Waals surface area contributed by atoms with Crippen LogP contribution in [-0.4, -0.2) is 24.2 Å². The number of anilines is 1. The van der Waals surface area contributed by atoms with Crippen LogP contribution in [0.15, 0.2) is 54.6 Å². The van der Waals surface area contributed by atoms with Crippen LogP contribution in [0.25, 0.3) is 10.8 Å². The number of carboxylic acids is 1. The minimum atomic E-state index is -0.776. The Morgan fingerprint density at radius 2 is 1.90 bits per heavy atom. The summed E-state index contributed by atoms with van der Waals surface area (Å²) in [5, 5.41) is 11.5. The van der Waals surface area contributed by atoms with Crippen LogP contribution >= 0.6 is 0 Å². The molecule has 0 spiro atoms. The molecule has 1 unspecified atom stereocenters.